The zero-order valence-corrected chi connectivity index (χ0v) is 16.3. The average molecular weight is 371 g/mol. The number of alkyl halides is 1. The average Bonchev–Trinajstić information content (AvgIpc) is 3.09. The summed E-state index contributed by atoms with van der Waals surface area (Å²) in [4.78, 5) is 0. The molecule has 3 rings (SSSR count). The van der Waals surface area contributed by atoms with Crippen molar-refractivity contribution in [2.24, 2.45) is 11.8 Å². The van der Waals surface area contributed by atoms with E-state index in [1.54, 1.807) is 0 Å². The van der Waals surface area contributed by atoms with Crippen molar-refractivity contribution >= 4 is 0 Å². The fourth-order valence-electron chi connectivity index (χ4n) is 4.76. The molecule has 2 aliphatic heterocycles. The van der Waals surface area contributed by atoms with Crippen molar-refractivity contribution in [3.63, 3.8) is 0 Å². The lowest BCUT2D eigenvalue weighted by molar-refractivity contribution is -0.146. The predicted octanol–water partition coefficient (Wildman–Crippen LogP) is 4.86. The molecule has 0 aromatic carbocycles. The Morgan fingerprint density at radius 2 is 2.23 bits per heavy atom. The van der Waals surface area contributed by atoms with E-state index in [1.165, 1.54) is 0 Å². The van der Waals surface area contributed by atoms with Gasteiger partial charge in [-0.05, 0) is 45.1 Å². The van der Waals surface area contributed by atoms with Gasteiger partial charge in [-0.25, -0.2) is 4.39 Å². The third-order valence-corrected chi connectivity index (χ3v) is 6.30. The molecule has 2 saturated heterocycles. The van der Waals surface area contributed by atoms with Crippen molar-refractivity contribution in [1.82, 2.24) is 0 Å². The van der Waals surface area contributed by atoms with E-state index in [1.807, 2.05) is 6.08 Å². The second-order valence-corrected chi connectivity index (χ2v) is 8.37. The Morgan fingerprint density at radius 3 is 2.96 bits per heavy atom. The minimum Gasteiger partial charge on any atom is -0.469 e. The molecule has 0 radical (unpaired) electrons. The minimum atomic E-state index is -0.820. The van der Waals surface area contributed by atoms with E-state index in [4.69, 9.17) is 14.2 Å². The van der Waals surface area contributed by atoms with Gasteiger partial charge in [0.15, 0.2) is 12.6 Å². The first-order valence-corrected chi connectivity index (χ1v) is 10.5. The third kappa shape index (κ3) is 4.79. The summed E-state index contributed by atoms with van der Waals surface area (Å²) in [5.74, 6) is 1.27. The molecule has 26 heavy (non-hydrogen) atoms. The largest absolute Gasteiger partial charge is 0.469 e. The summed E-state index contributed by atoms with van der Waals surface area (Å²) in [6.07, 6.45) is 8.71. The number of unbranched alkanes of at least 4 members (excludes halogenated alkanes) is 1. The van der Waals surface area contributed by atoms with Gasteiger partial charge < -0.3 is 19.3 Å². The van der Waals surface area contributed by atoms with Crippen molar-refractivity contribution in [3.05, 3.63) is 11.8 Å². The second-order valence-electron chi connectivity index (χ2n) is 8.37. The van der Waals surface area contributed by atoms with Crippen LogP contribution < -0.4 is 0 Å². The number of hydrogen-bond acceptors (Lipinski definition) is 4. The monoisotopic (exact) mass is 370 g/mol. The first kappa shape index (κ1) is 20.1. The first-order valence-electron chi connectivity index (χ1n) is 10.5. The normalized spacial score (nSPS) is 39.0. The van der Waals surface area contributed by atoms with E-state index in [-0.39, 0.29) is 23.7 Å². The molecule has 1 N–H and O–H groups in total. The van der Waals surface area contributed by atoms with Crippen LogP contribution in [0.5, 0.6) is 0 Å². The Morgan fingerprint density at radius 1 is 1.38 bits per heavy atom. The Labute approximate surface area is 157 Å². The van der Waals surface area contributed by atoms with Gasteiger partial charge in [0.2, 0.25) is 0 Å². The molecule has 5 heteroatoms. The van der Waals surface area contributed by atoms with Gasteiger partial charge in [0.25, 0.3) is 0 Å². The van der Waals surface area contributed by atoms with Gasteiger partial charge in [-0.15, -0.1) is 0 Å². The van der Waals surface area contributed by atoms with Gasteiger partial charge in [0, 0.05) is 31.1 Å². The number of aliphatic hydroxyl groups excluding tert-OH is 1. The van der Waals surface area contributed by atoms with Crippen LogP contribution in [-0.2, 0) is 14.2 Å². The molecule has 0 bridgehead atoms. The first-order chi connectivity index (χ1) is 12.5. The standard InChI is InChI=1S/C21H35FO4/c1-3-4-7-15(22)9-10-18(25-20-8-5-6-13-24-20)16-11-12-21(2)17(16)14-19(23)26-21/h10,15-17,19-20,23H,3-9,11-14H2,1-2H3/t15?,16-,17+,19?,20?,21+/m0/s1. The van der Waals surface area contributed by atoms with E-state index >= 15 is 0 Å². The fraction of sp³-hybridized carbons (Fsp3) is 0.905. The Bertz CT molecular complexity index is 477. The summed E-state index contributed by atoms with van der Waals surface area (Å²) in [7, 11) is 0. The molecular formula is C21H35FO4. The highest BCUT2D eigenvalue weighted by Crippen LogP contribution is 2.53. The van der Waals surface area contributed by atoms with E-state index in [9.17, 15) is 9.50 Å². The maximum absolute atomic E-state index is 14.2. The van der Waals surface area contributed by atoms with Crippen molar-refractivity contribution in [3.8, 4) is 0 Å². The molecule has 0 amide bonds. The van der Waals surface area contributed by atoms with E-state index in [0.29, 0.717) is 19.3 Å². The maximum Gasteiger partial charge on any atom is 0.199 e. The van der Waals surface area contributed by atoms with Gasteiger partial charge in [-0.2, -0.15) is 0 Å². The number of halogens is 1. The van der Waals surface area contributed by atoms with E-state index in [0.717, 1.165) is 57.3 Å². The lowest BCUT2D eigenvalue weighted by Gasteiger charge is -2.30. The van der Waals surface area contributed by atoms with E-state index < -0.39 is 12.5 Å². The molecule has 1 aliphatic carbocycles. The molecule has 0 spiro atoms. The van der Waals surface area contributed by atoms with Crippen LogP contribution in [0.15, 0.2) is 11.8 Å². The fourth-order valence-corrected chi connectivity index (χ4v) is 4.76. The molecule has 1 saturated carbocycles. The molecule has 3 aliphatic rings. The van der Waals surface area contributed by atoms with Crippen LogP contribution >= 0.6 is 0 Å². The molecule has 3 fully saturated rings. The van der Waals surface area contributed by atoms with Crippen molar-refractivity contribution in [2.75, 3.05) is 6.61 Å². The summed E-state index contributed by atoms with van der Waals surface area (Å²) in [5.41, 5.74) is -0.294. The van der Waals surface area contributed by atoms with Crippen LogP contribution in [-0.4, -0.2) is 36.1 Å². The maximum atomic E-state index is 14.2. The summed E-state index contributed by atoms with van der Waals surface area (Å²) in [6, 6.07) is 0. The molecule has 6 atom stereocenters. The highest BCUT2D eigenvalue weighted by molar-refractivity contribution is 5.12. The van der Waals surface area contributed by atoms with Gasteiger partial charge in [-0.1, -0.05) is 19.8 Å². The highest BCUT2D eigenvalue weighted by atomic mass is 19.1. The lowest BCUT2D eigenvalue weighted by Crippen LogP contribution is -2.30. The molecule has 0 aromatic rings. The number of rotatable bonds is 8. The molecule has 4 nitrogen and oxygen atoms in total. The predicted molar refractivity (Wildman–Crippen MR) is 98.1 cm³/mol. The Hall–Kier alpha value is -0.650. The van der Waals surface area contributed by atoms with Crippen LogP contribution in [0.25, 0.3) is 0 Å². The van der Waals surface area contributed by atoms with Crippen molar-refractivity contribution in [1.29, 1.82) is 0 Å². The minimum absolute atomic E-state index is 0.182. The van der Waals surface area contributed by atoms with E-state index in [2.05, 4.69) is 13.8 Å². The third-order valence-electron chi connectivity index (χ3n) is 6.30. The summed E-state index contributed by atoms with van der Waals surface area (Å²) in [6.45, 7) is 4.90. The van der Waals surface area contributed by atoms with Gasteiger partial charge in [0.1, 0.15) is 6.17 Å². The summed E-state index contributed by atoms with van der Waals surface area (Å²) >= 11 is 0. The molecule has 3 unspecified atom stereocenters. The van der Waals surface area contributed by atoms with Crippen molar-refractivity contribution in [2.45, 2.75) is 102 Å². The SMILES string of the molecule is CCCCC(F)CC=C(OC1CCCCO1)[C@H]1CC[C@@]2(C)OC(O)C[C@H]12. The van der Waals surface area contributed by atoms with Gasteiger partial charge in [-0.3, -0.25) is 0 Å². The highest BCUT2D eigenvalue weighted by Gasteiger charge is 2.54. The smallest absolute Gasteiger partial charge is 0.199 e. The zero-order chi connectivity index (χ0) is 18.6. The van der Waals surface area contributed by atoms with Crippen LogP contribution in [0.1, 0.15) is 78.1 Å². The molecule has 0 aromatic heterocycles. The molecule has 2 heterocycles. The summed E-state index contributed by atoms with van der Waals surface area (Å²) in [5, 5.41) is 9.97. The van der Waals surface area contributed by atoms with Gasteiger partial charge in [0.05, 0.1) is 18.0 Å². The molecular weight excluding hydrogens is 335 g/mol. The van der Waals surface area contributed by atoms with Crippen LogP contribution in [0.2, 0.25) is 0 Å². The van der Waals surface area contributed by atoms with Gasteiger partial charge >= 0.3 is 0 Å². The summed E-state index contributed by atoms with van der Waals surface area (Å²) < 4.78 is 32.0. The van der Waals surface area contributed by atoms with Crippen LogP contribution in [0.4, 0.5) is 4.39 Å². The second kappa shape index (κ2) is 9.03. The number of aliphatic hydroxyl groups is 1. The zero-order valence-electron chi connectivity index (χ0n) is 16.3. The van der Waals surface area contributed by atoms with Crippen LogP contribution in [0.3, 0.4) is 0 Å². The number of allylic oxidation sites excluding steroid dienone is 2. The number of fused-ring (bicyclic) bond motifs is 1. The van der Waals surface area contributed by atoms with Crippen LogP contribution in [0, 0.1) is 11.8 Å². The quantitative estimate of drug-likeness (QED) is 0.620. The lowest BCUT2D eigenvalue weighted by atomic mass is 9.85. The Balaban J connectivity index is 1.69. The number of ether oxygens (including phenoxy) is 3. The van der Waals surface area contributed by atoms with Crippen molar-refractivity contribution < 1.29 is 23.7 Å². The Kier molecular flexibility index (Phi) is 6.98. The topological polar surface area (TPSA) is 47.9 Å². The molecule has 150 valence electrons. The number of hydrogen-bond donors (Lipinski definition) is 1.